The van der Waals surface area contributed by atoms with Gasteiger partial charge in [0, 0.05) is 43.1 Å². The van der Waals surface area contributed by atoms with E-state index in [-0.39, 0.29) is 6.03 Å². The molecule has 0 atom stereocenters. The van der Waals surface area contributed by atoms with E-state index in [0.29, 0.717) is 19.6 Å². The third-order valence-corrected chi connectivity index (χ3v) is 4.00. The molecule has 1 aromatic heterocycles. The highest BCUT2D eigenvalue weighted by molar-refractivity contribution is 6.30. The van der Waals surface area contributed by atoms with Crippen molar-refractivity contribution in [1.29, 1.82) is 0 Å². The van der Waals surface area contributed by atoms with E-state index in [0.717, 1.165) is 29.5 Å². The summed E-state index contributed by atoms with van der Waals surface area (Å²) in [4.78, 5) is 16.2. The summed E-state index contributed by atoms with van der Waals surface area (Å²) in [5, 5.41) is 10.3. The maximum absolute atomic E-state index is 12.1. The second kappa shape index (κ2) is 6.70. The number of carbonyl (C=O) groups excluding carboxylic acids is 1. The first-order chi connectivity index (χ1) is 10.7. The van der Waals surface area contributed by atoms with Crippen LogP contribution in [0.25, 0.3) is 0 Å². The molecule has 0 spiro atoms. The van der Waals surface area contributed by atoms with E-state index in [2.05, 4.69) is 20.4 Å². The van der Waals surface area contributed by atoms with Gasteiger partial charge in [-0.25, -0.2) is 4.79 Å². The Bertz CT molecular complexity index is 605. The van der Waals surface area contributed by atoms with Gasteiger partial charge in [0.15, 0.2) is 0 Å². The fourth-order valence-electron chi connectivity index (χ4n) is 2.49. The lowest BCUT2D eigenvalue weighted by Crippen LogP contribution is -2.51. The van der Waals surface area contributed by atoms with Crippen molar-refractivity contribution in [3.63, 3.8) is 0 Å². The molecule has 0 unspecified atom stereocenters. The summed E-state index contributed by atoms with van der Waals surface area (Å²) in [6, 6.07) is 9.61. The van der Waals surface area contributed by atoms with Gasteiger partial charge in [-0.2, -0.15) is 5.10 Å². The van der Waals surface area contributed by atoms with Crippen LogP contribution in [0.15, 0.2) is 36.5 Å². The zero-order chi connectivity index (χ0) is 15.4. The smallest absolute Gasteiger partial charge is 0.317 e. The van der Waals surface area contributed by atoms with E-state index in [4.69, 9.17) is 11.6 Å². The van der Waals surface area contributed by atoms with Gasteiger partial charge in [0.25, 0.3) is 0 Å². The van der Waals surface area contributed by atoms with Crippen molar-refractivity contribution in [2.75, 3.05) is 31.1 Å². The zero-order valence-electron chi connectivity index (χ0n) is 12.1. The molecule has 116 valence electrons. The molecule has 6 nitrogen and oxygen atoms in total. The number of carbonyl (C=O) groups is 1. The van der Waals surface area contributed by atoms with Crippen LogP contribution in [0.5, 0.6) is 0 Å². The number of hydrogen-bond donors (Lipinski definition) is 2. The molecular weight excluding hydrogens is 302 g/mol. The van der Waals surface area contributed by atoms with Crippen LogP contribution in [0.4, 0.5) is 10.5 Å². The Morgan fingerprint density at radius 2 is 1.91 bits per heavy atom. The third-order valence-electron chi connectivity index (χ3n) is 3.75. The molecule has 2 N–H and O–H groups in total. The number of nitrogens with one attached hydrogen (secondary N) is 2. The number of urea groups is 1. The van der Waals surface area contributed by atoms with Gasteiger partial charge >= 0.3 is 6.03 Å². The molecule has 0 bridgehead atoms. The highest BCUT2D eigenvalue weighted by atomic mass is 35.5. The lowest BCUT2D eigenvalue weighted by molar-refractivity contribution is 0.194. The summed E-state index contributed by atoms with van der Waals surface area (Å²) in [6.07, 6.45) is 1.67. The standard InChI is InChI=1S/C15H18ClN5O/c16-12-1-3-14(4-2-12)20-7-9-21(10-8-20)15(22)17-11-13-5-6-18-19-13/h1-6H,7-11H2,(H,17,22)(H,18,19). The molecule has 0 saturated carbocycles. The summed E-state index contributed by atoms with van der Waals surface area (Å²) < 4.78 is 0. The van der Waals surface area contributed by atoms with E-state index in [1.807, 2.05) is 35.2 Å². The monoisotopic (exact) mass is 319 g/mol. The molecule has 3 rings (SSSR count). The largest absolute Gasteiger partial charge is 0.368 e. The van der Waals surface area contributed by atoms with Gasteiger partial charge in [-0.15, -0.1) is 0 Å². The molecule has 2 aromatic rings. The normalized spacial score (nSPS) is 15.0. The summed E-state index contributed by atoms with van der Waals surface area (Å²) >= 11 is 5.91. The van der Waals surface area contributed by atoms with E-state index >= 15 is 0 Å². The molecular formula is C15H18ClN5O. The minimum absolute atomic E-state index is 0.0367. The topological polar surface area (TPSA) is 64.3 Å². The van der Waals surface area contributed by atoms with Gasteiger partial charge < -0.3 is 15.1 Å². The number of halogens is 1. The lowest BCUT2D eigenvalue weighted by atomic mass is 10.2. The zero-order valence-corrected chi connectivity index (χ0v) is 12.9. The van der Waals surface area contributed by atoms with Crippen LogP contribution in [-0.4, -0.2) is 47.3 Å². The minimum Gasteiger partial charge on any atom is -0.368 e. The van der Waals surface area contributed by atoms with Gasteiger partial charge in [0.1, 0.15) is 0 Å². The fraction of sp³-hybridized carbons (Fsp3) is 0.333. The van der Waals surface area contributed by atoms with E-state index in [1.54, 1.807) is 6.20 Å². The van der Waals surface area contributed by atoms with Crippen LogP contribution >= 0.6 is 11.6 Å². The van der Waals surface area contributed by atoms with Crippen molar-refractivity contribution >= 4 is 23.3 Å². The highest BCUT2D eigenvalue weighted by Gasteiger charge is 2.21. The van der Waals surface area contributed by atoms with Crippen molar-refractivity contribution in [3.8, 4) is 0 Å². The first-order valence-electron chi connectivity index (χ1n) is 7.24. The minimum atomic E-state index is -0.0367. The van der Waals surface area contributed by atoms with Gasteiger partial charge in [-0.1, -0.05) is 11.6 Å². The Morgan fingerprint density at radius 1 is 1.18 bits per heavy atom. The molecule has 1 aromatic carbocycles. The lowest BCUT2D eigenvalue weighted by Gasteiger charge is -2.36. The Kier molecular flexibility index (Phi) is 4.48. The number of nitrogens with zero attached hydrogens (tertiary/aromatic N) is 3. The van der Waals surface area contributed by atoms with Crippen LogP contribution in [0.2, 0.25) is 5.02 Å². The molecule has 1 aliphatic rings. The average Bonchev–Trinajstić information content (AvgIpc) is 3.07. The predicted molar refractivity (Wildman–Crippen MR) is 86.1 cm³/mol. The quantitative estimate of drug-likeness (QED) is 0.910. The molecule has 1 aliphatic heterocycles. The van der Waals surface area contributed by atoms with E-state index in [9.17, 15) is 4.79 Å². The van der Waals surface area contributed by atoms with Crippen LogP contribution < -0.4 is 10.2 Å². The summed E-state index contributed by atoms with van der Waals surface area (Å²) in [5.41, 5.74) is 2.04. The Morgan fingerprint density at radius 3 is 2.55 bits per heavy atom. The molecule has 0 aliphatic carbocycles. The van der Waals surface area contributed by atoms with Gasteiger partial charge in [-0.3, -0.25) is 5.10 Å². The summed E-state index contributed by atoms with van der Waals surface area (Å²) in [7, 11) is 0. The predicted octanol–water partition coefficient (Wildman–Crippen LogP) is 2.09. The maximum Gasteiger partial charge on any atom is 0.317 e. The van der Waals surface area contributed by atoms with Crippen LogP contribution in [0.3, 0.4) is 0 Å². The maximum atomic E-state index is 12.1. The third kappa shape index (κ3) is 3.51. The highest BCUT2D eigenvalue weighted by Crippen LogP contribution is 2.19. The Hall–Kier alpha value is -2.21. The first kappa shape index (κ1) is 14.7. The number of piperazine rings is 1. The number of hydrogen-bond acceptors (Lipinski definition) is 3. The van der Waals surface area contributed by atoms with Crippen molar-refractivity contribution < 1.29 is 4.79 Å². The van der Waals surface area contributed by atoms with Gasteiger partial charge in [0.05, 0.1) is 12.2 Å². The van der Waals surface area contributed by atoms with E-state index < -0.39 is 0 Å². The Labute approximate surface area is 134 Å². The number of aromatic nitrogens is 2. The molecule has 2 heterocycles. The fourth-order valence-corrected chi connectivity index (χ4v) is 2.61. The number of aromatic amines is 1. The second-order valence-corrected chi connectivity index (χ2v) is 5.63. The van der Waals surface area contributed by atoms with Crippen molar-refractivity contribution in [1.82, 2.24) is 20.4 Å². The van der Waals surface area contributed by atoms with Crippen LogP contribution in [0.1, 0.15) is 5.69 Å². The molecule has 1 fully saturated rings. The van der Waals surface area contributed by atoms with Crippen LogP contribution in [-0.2, 0) is 6.54 Å². The van der Waals surface area contributed by atoms with Gasteiger partial charge in [-0.05, 0) is 30.3 Å². The number of benzene rings is 1. The van der Waals surface area contributed by atoms with Crippen molar-refractivity contribution in [2.24, 2.45) is 0 Å². The summed E-state index contributed by atoms with van der Waals surface area (Å²) in [5.74, 6) is 0. The summed E-state index contributed by atoms with van der Waals surface area (Å²) in [6.45, 7) is 3.52. The number of amides is 2. The second-order valence-electron chi connectivity index (χ2n) is 5.19. The van der Waals surface area contributed by atoms with E-state index in [1.165, 1.54) is 0 Å². The molecule has 1 saturated heterocycles. The molecule has 7 heteroatoms. The molecule has 2 amide bonds. The number of H-pyrrole nitrogens is 1. The number of anilines is 1. The first-order valence-corrected chi connectivity index (χ1v) is 7.62. The van der Waals surface area contributed by atoms with Crippen molar-refractivity contribution in [3.05, 3.63) is 47.2 Å². The number of rotatable bonds is 3. The van der Waals surface area contributed by atoms with Gasteiger partial charge in [0.2, 0.25) is 0 Å². The average molecular weight is 320 g/mol. The Balaban J connectivity index is 1.48. The van der Waals surface area contributed by atoms with Crippen molar-refractivity contribution in [2.45, 2.75) is 6.54 Å². The molecule has 22 heavy (non-hydrogen) atoms. The van der Waals surface area contributed by atoms with Crippen LogP contribution in [0, 0.1) is 0 Å². The molecule has 0 radical (unpaired) electrons. The SMILES string of the molecule is O=C(NCc1ccn[nH]1)N1CCN(c2ccc(Cl)cc2)CC1.